The van der Waals surface area contributed by atoms with E-state index in [4.69, 9.17) is 27.9 Å². The van der Waals surface area contributed by atoms with E-state index in [1.54, 1.807) is 12.3 Å². The predicted molar refractivity (Wildman–Crippen MR) is 72.3 cm³/mol. The lowest BCUT2D eigenvalue weighted by Crippen LogP contribution is -2.23. The molecule has 0 spiro atoms. The smallest absolute Gasteiger partial charge is 0.148 e. The minimum Gasteiger partial charge on any atom is -0.396 e. The molecule has 1 aromatic heterocycles. The topological polar surface area (TPSA) is 86.2 Å². The van der Waals surface area contributed by atoms with Gasteiger partial charge in [0.1, 0.15) is 11.7 Å². The summed E-state index contributed by atoms with van der Waals surface area (Å²) >= 11 is 6.23. The Labute approximate surface area is 111 Å². The minimum atomic E-state index is -0.0465. The number of halogens is 1. The number of hydrogen-bond donors (Lipinski definition) is 3. The minimum absolute atomic E-state index is 0.0465. The molecule has 1 aromatic rings. The summed E-state index contributed by atoms with van der Waals surface area (Å²) < 4.78 is 0. The van der Waals surface area contributed by atoms with Gasteiger partial charge in [0, 0.05) is 31.5 Å². The fourth-order valence-electron chi connectivity index (χ4n) is 2.30. The number of aromatic nitrogens is 1. The number of anilines is 1. The molecule has 1 unspecified atom stereocenters. The molecule has 0 aliphatic carbocycles. The van der Waals surface area contributed by atoms with E-state index in [1.807, 2.05) is 0 Å². The van der Waals surface area contributed by atoms with Gasteiger partial charge in [0.2, 0.25) is 0 Å². The first-order chi connectivity index (χ1) is 8.63. The Morgan fingerprint density at radius 3 is 3.11 bits per heavy atom. The second-order valence-electron chi connectivity index (χ2n) is 4.52. The van der Waals surface area contributed by atoms with E-state index in [-0.39, 0.29) is 12.4 Å². The van der Waals surface area contributed by atoms with E-state index in [9.17, 15) is 0 Å². The molecule has 0 bridgehead atoms. The average Bonchev–Trinajstić information content (AvgIpc) is 2.78. The molecule has 4 N–H and O–H groups in total. The van der Waals surface area contributed by atoms with E-state index >= 15 is 0 Å². The van der Waals surface area contributed by atoms with Gasteiger partial charge < -0.3 is 15.7 Å². The van der Waals surface area contributed by atoms with Gasteiger partial charge in [-0.2, -0.15) is 0 Å². The van der Waals surface area contributed by atoms with Crippen molar-refractivity contribution in [3.05, 3.63) is 22.8 Å². The van der Waals surface area contributed by atoms with E-state index in [0.29, 0.717) is 22.3 Å². The molecule has 2 heterocycles. The quantitative estimate of drug-likeness (QED) is 0.566. The number of nitrogens with one attached hydrogen (secondary N) is 1. The second-order valence-corrected chi connectivity index (χ2v) is 4.90. The zero-order chi connectivity index (χ0) is 13.1. The van der Waals surface area contributed by atoms with E-state index < -0.39 is 0 Å². The highest BCUT2D eigenvalue weighted by Crippen LogP contribution is 2.31. The summed E-state index contributed by atoms with van der Waals surface area (Å²) in [7, 11) is 0. The first kappa shape index (κ1) is 13.1. The van der Waals surface area contributed by atoms with Crippen molar-refractivity contribution < 1.29 is 5.11 Å². The molecule has 0 amide bonds. The highest BCUT2D eigenvalue weighted by atomic mass is 35.5. The second kappa shape index (κ2) is 5.54. The summed E-state index contributed by atoms with van der Waals surface area (Å²) in [4.78, 5) is 6.37. The fourth-order valence-corrected chi connectivity index (χ4v) is 2.64. The van der Waals surface area contributed by atoms with Crippen molar-refractivity contribution in [2.24, 2.45) is 11.7 Å². The van der Waals surface area contributed by atoms with E-state index in [0.717, 1.165) is 25.9 Å². The Morgan fingerprint density at radius 1 is 1.67 bits per heavy atom. The van der Waals surface area contributed by atoms with Crippen molar-refractivity contribution >= 4 is 23.3 Å². The van der Waals surface area contributed by atoms with Crippen LogP contribution in [0, 0.1) is 11.3 Å². The molecule has 6 heteroatoms. The summed E-state index contributed by atoms with van der Waals surface area (Å²) in [6.07, 6.45) is 3.46. The van der Waals surface area contributed by atoms with Gasteiger partial charge in [-0.05, 0) is 24.8 Å². The van der Waals surface area contributed by atoms with Crippen LogP contribution in [0.4, 0.5) is 5.82 Å². The number of rotatable bonds is 4. The molecular weight excluding hydrogens is 252 g/mol. The maximum absolute atomic E-state index is 8.95. The van der Waals surface area contributed by atoms with Crippen LogP contribution in [-0.2, 0) is 0 Å². The molecule has 0 radical (unpaired) electrons. The Morgan fingerprint density at radius 2 is 2.44 bits per heavy atom. The molecule has 2 rings (SSSR count). The van der Waals surface area contributed by atoms with Crippen LogP contribution in [0.2, 0.25) is 5.02 Å². The molecule has 18 heavy (non-hydrogen) atoms. The van der Waals surface area contributed by atoms with Crippen molar-refractivity contribution in [3.63, 3.8) is 0 Å². The number of aliphatic hydroxyl groups is 1. The molecule has 98 valence electrons. The molecule has 1 aliphatic rings. The van der Waals surface area contributed by atoms with Crippen molar-refractivity contribution in [2.45, 2.75) is 12.8 Å². The standard InChI is InChI=1S/C12H17ClN4O/c13-10-9(11(14)15)1-4-16-12(10)17-5-2-8(7-17)3-6-18/h1,4,8,18H,2-3,5-7H2,(H3,14,15). The molecule has 1 aliphatic heterocycles. The van der Waals surface area contributed by atoms with Gasteiger partial charge >= 0.3 is 0 Å². The van der Waals surface area contributed by atoms with Gasteiger partial charge in [0.05, 0.1) is 5.02 Å². The van der Waals surface area contributed by atoms with Gasteiger partial charge in [-0.3, -0.25) is 5.41 Å². The SMILES string of the molecule is N=C(N)c1ccnc(N2CCC(CCO)C2)c1Cl. The number of aliphatic hydroxyl groups excluding tert-OH is 1. The Bertz CT molecular complexity index is 452. The Hall–Kier alpha value is -1.33. The van der Waals surface area contributed by atoms with Crippen LogP contribution < -0.4 is 10.6 Å². The molecule has 5 nitrogen and oxygen atoms in total. The summed E-state index contributed by atoms with van der Waals surface area (Å²) in [5.74, 6) is 1.12. The lowest BCUT2D eigenvalue weighted by atomic mass is 10.1. The van der Waals surface area contributed by atoms with Crippen molar-refractivity contribution in [2.75, 3.05) is 24.6 Å². The van der Waals surface area contributed by atoms with E-state index in [2.05, 4.69) is 9.88 Å². The number of pyridine rings is 1. The first-order valence-corrected chi connectivity index (χ1v) is 6.36. The van der Waals surface area contributed by atoms with Gasteiger partial charge in [-0.15, -0.1) is 0 Å². The van der Waals surface area contributed by atoms with E-state index in [1.165, 1.54) is 0 Å². The summed E-state index contributed by atoms with van der Waals surface area (Å²) in [6, 6.07) is 1.65. The highest BCUT2D eigenvalue weighted by molar-refractivity contribution is 6.36. The number of hydrogen-bond acceptors (Lipinski definition) is 4. The summed E-state index contributed by atoms with van der Waals surface area (Å²) in [5.41, 5.74) is 6.00. The zero-order valence-electron chi connectivity index (χ0n) is 10.1. The monoisotopic (exact) mass is 268 g/mol. The summed E-state index contributed by atoms with van der Waals surface area (Å²) in [6.45, 7) is 1.93. The van der Waals surface area contributed by atoms with Gasteiger partial charge in [0.15, 0.2) is 0 Å². The highest BCUT2D eigenvalue weighted by Gasteiger charge is 2.25. The van der Waals surface area contributed by atoms with Crippen LogP contribution >= 0.6 is 11.6 Å². The molecule has 1 fully saturated rings. The van der Waals surface area contributed by atoms with Gasteiger partial charge in [-0.25, -0.2) is 4.98 Å². The average molecular weight is 269 g/mol. The van der Waals surface area contributed by atoms with Crippen LogP contribution in [-0.4, -0.2) is 35.6 Å². The maximum Gasteiger partial charge on any atom is 0.148 e. The van der Waals surface area contributed by atoms with Crippen LogP contribution in [0.5, 0.6) is 0 Å². The Balaban J connectivity index is 2.19. The molecule has 1 atom stereocenters. The maximum atomic E-state index is 8.95. The predicted octanol–water partition coefficient (Wildman–Crippen LogP) is 1.23. The molecule has 0 saturated carbocycles. The van der Waals surface area contributed by atoms with Crippen LogP contribution in [0.25, 0.3) is 0 Å². The van der Waals surface area contributed by atoms with Gasteiger partial charge in [-0.1, -0.05) is 11.6 Å². The van der Waals surface area contributed by atoms with Crippen molar-refractivity contribution in [1.82, 2.24) is 4.98 Å². The van der Waals surface area contributed by atoms with Crippen LogP contribution in [0.3, 0.4) is 0 Å². The molecular formula is C12H17ClN4O. The largest absolute Gasteiger partial charge is 0.396 e. The van der Waals surface area contributed by atoms with Gasteiger partial charge in [0.25, 0.3) is 0 Å². The van der Waals surface area contributed by atoms with Crippen LogP contribution in [0.15, 0.2) is 12.3 Å². The fraction of sp³-hybridized carbons (Fsp3) is 0.500. The Kier molecular flexibility index (Phi) is 4.04. The normalized spacial score (nSPS) is 19.2. The van der Waals surface area contributed by atoms with Crippen LogP contribution in [0.1, 0.15) is 18.4 Å². The lowest BCUT2D eigenvalue weighted by molar-refractivity contribution is 0.263. The number of nitrogens with two attached hydrogens (primary N) is 1. The lowest BCUT2D eigenvalue weighted by Gasteiger charge is -2.19. The number of amidine groups is 1. The summed E-state index contributed by atoms with van der Waals surface area (Å²) in [5, 5.41) is 16.9. The number of nitrogen functional groups attached to an aromatic ring is 1. The third-order valence-corrected chi connectivity index (χ3v) is 3.66. The number of nitrogens with zero attached hydrogens (tertiary/aromatic N) is 2. The van der Waals surface area contributed by atoms with Crippen molar-refractivity contribution in [3.8, 4) is 0 Å². The van der Waals surface area contributed by atoms with Crippen molar-refractivity contribution in [1.29, 1.82) is 5.41 Å². The third kappa shape index (κ3) is 2.57. The molecule has 1 saturated heterocycles. The molecule has 0 aromatic carbocycles. The third-order valence-electron chi connectivity index (χ3n) is 3.28. The first-order valence-electron chi connectivity index (χ1n) is 5.98. The zero-order valence-corrected chi connectivity index (χ0v) is 10.8.